The van der Waals surface area contributed by atoms with Crippen molar-refractivity contribution in [3.05, 3.63) is 65.7 Å². The Hall–Kier alpha value is -2.86. The van der Waals surface area contributed by atoms with Crippen LogP contribution in [0, 0.1) is 0 Å². The summed E-state index contributed by atoms with van der Waals surface area (Å²) in [6.45, 7) is -0.430. The highest BCUT2D eigenvalue weighted by atomic mass is 16.5. The number of carboxylic acids is 1. The highest BCUT2D eigenvalue weighted by molar-refractivity contribution is 5.95. The van der Waals surface area contributed by atoms with Crippen LogP contribution in [-0.4, -0.2) is 34.8 Å². The van der Waals surface area contributed by atoms with Gasteiger partial charge in [-0.3, -0.25) is 4.79 Å². The van der Waals surface area contributed by atoms with Crippen LogP contribution in [0.25, 0.3) is 0 Å². The highest BCUT2D eigenvalue weighted by Crippen LogP contribution is 2.41. The molecule has 1 saturated carbocycles. The Morgan fingerprint density at radius 1 is 1.08 bits per heavy atom. The molecule has 0 bridgehead atoms. The molecule has 2 aromatic rings. The van der Waals surface area contributed by atoms with E-state index in [1.54, 1.807) is 24.3 Å². The molecule has 130 valence electrons. The zero-order valence-corrected chi connectivity index (χ0v) is 13.5. The van der Waals surface area contributed by atoms with Crippen molar-refractivity contribution in [2.45, 2.75) is 24.5 Å². The molecule has 1 aliphatic carbocycles. The second-order valence-electron chi connectivity index (χ2n) is 6.17. The standard InChI is InChI=1S/C19H19NO5/c21-15-10-19(11-15,14-4-2-1-3-5-14)20-18(24)13-6-8-16(9-7-13)25-12-17(22)23/h1-9,15,21H,10-12H2,(H,20,24)(H,22,23). The molecule has 0 aliphatic heterocycles. The summed E-state index contributed by atoms with van der Waals surface area (Å²) in [5.74, 6) is -0.925. The average Bonchev–Trinajstić information content (AvgIpc) is 2.59. The summed E-state index contributed by atoms with van der Waals surface area (Å²) in [6.07, 6.45) is 0.526. The monoisotopic (exact) mass is 341 g/mol. The fourth-order valence-corrected chi connectivity index (χ4v) is 3.05. The maximum absolute atomic E-state index is 12.6. The minimum absolute atomic E-state index is 0.250. The van der Waals surface area contributed by atoms with Crippen LogP contribution in [0.5, 0.6) is 5.75 Å². The number of rotatable bonds is 6. The number of hydrogen-bond donors (Lipinski definition) is 3. The first-order chi connectivity index (χ1) is 12.0. The maximum atomic E-state index is 12.6. The van der Waals surface area contributed by atoms with E-state index in [-0.39, 0.29) is 5.91 Å². The second kappa shape index (κ2) is 6.94. The molecule has 1 aliphatic rings. The molecule has 1 fully saturated rings. The summed E-state index contributed by atoms with van der Waals surface area (Å²) < 4.78 is 5.05. The third-order valence-corrected chi connectivity index (χ3v) is 4.33. The van der Waals surface area contributed by atoms with Crippen molar-refractivity contribution in [3.8, 4) is 5.75 Å². The Kier molecular flexibility index (Phi) is 4.72. The number of carboxylic acid groups (broad SMARTS) is 1. The van der Waals surface area contributed by atoms with Crippen LogP contribution >= 0.6 is 0 Å². The van der Waals surface area contributed by atoms with E-state index >= 15 is 0 Å². The lowest BCUT2D eigenvalue weighted by Gasteiger charge is -2.46. The molecule has 3 N–H and O–H groups in total. The van der Waals surface area contributed by atoms with Crippen molar-refractivity contribution < 1.29 is 24.5 Å². The van der Waals surface area contributed by atoms with E-state index in [2.05, 4.69) is 5.32 Å². The molecule has 1 amide bonds. The van der Waals surface area contributed by atoms with Crippen molar-refractivity contribution in [2.24, 2.45) is 0 Å². The lowest BCUT2D eigenvalue weighted by molar-refractivity contribution is -0.139. The molecule has 0 heterocycles. The van der Waals surface area contributed by atoms with Gasteiger partial charge in [0.25, 0.3) is 5.91 Å². The third kappa shape index (κ3) is 3.80. The Morgan fingerprint density at radius 2 is 1.72 bits per heavy atom. The van der Waals surface area contributed by atoms with Gasteiger partial charge in [-0.2, -0.15) is 0 Å². The topological polar surface area (TPSA) is 95.9 Å². The first-order valence-electron chi connectivity index (χ1n) is 7.99. The Labute approximate surface area is 145 Å². The molecule has 0 saturated heterocycles. The van der Waals surface area contributed by atoms with Gasteiger partial charge in [0.2, 0.25) is 0 Å². The van der Waals surface area contributed by atoms with E-state index in [0.717, 1.165) is 5.56 Å². The molecule has 0 radical (unpaired) electrons. The summed E-state index contributed by atoms with van der Waals surface area (Å²) in [6, 6.07) is 15.9. The van der Waals surface area contributed by atoms with Gasteiger partial charge in [-0.25, -0.2) is 4.79 Å². The lowest BCUT2D eigenvalue weighted by atomic mass is 9.69. The van der Waals surface area contributed by atoms with E-state index in [9.17, 15) is 14.7 Å². The molecular formula is C19H19NO5. The largest absolute Gasteiger partial charge is 0.482 e. The summed E-state index contributed by atoms with van der Waals surface area (Å²) in [5, 5.41) is 21.4. The quantitative estimate of drug-likeness (QED) is 0.746. The molecule has 0 unspecified atom stereocenters. The van der Waals surface area contributed by atoms with Crippen molar-refractivity contribution in [2.75, 3.05) is 6.61 Å². The molecule has 6 nitrogen and oxygen atoms in total. The van der Waals surface area contributed by atoms with Gasteiger partial charge in [0.15, 0.2) is 6.61 Å². The van der Waals surface area contributed by atoms with Crippen LogP contribution in [0.3, 0.4) is 0 Å². The number of amides is 1. The fourth-order valence-electron chi connectivity index (χ4n) is 3.05. The van der Waals surface area contributed by atoms with Crippen molar-refractivity contribution in [3.63, 3.8) is 0 Å². The van der Waals surface area contributed by atoms with Crippen molar-refractivity contribution in [1.29, 1.82) is 0 Å². The lowest BCUT2D eigenvalue weighted by Crippen LogP contribution is -2.56. The SMILES string of the molecule is O=C(O)COc1ccc(C(=O)NC2(c3ccccc3)CC(O)C2)cc1. The maximum Gasteiger partial charge on any atom is 0.341 e. The Balaban J connectivity index is 1.71. The van der Waals surface area contributed by atoms with E-state index in [1.807, 2.05) is 30.3 Å². The Bertz CT molecular complexity index is 751. The second-order valence-corrected chi connectivity index (χ2v) is 6.17. The summed E-state index contributed by atoms with van der Waals surface area (Å²) >= 11 is 0. The smallest absolute Gasteiger partial charge is 0.341 e. The van der Waals surface area contributed by atoms with Gasteiger partial charge in [-0.1, -0.05) is 30.3 Å². The van der Waals surface area contributed by atoms with Crippen LogP contribution in [0.15, 0.2) is 54.6 Å². The first kappa shape index (κ1) is 17.0. The van der Waals surface area contributed by atoms with Crippen LogP contribution in [0.4, 0.5) is 0 Å². The van der Waals surface area contributed by atoms with Gasteiger partial charge < -0.3 is 20.3 Å². The average molecular weight is 341 g/mol. The molecule has 2 aromatic carbocycles. The van der Waals surface area contributed by atoms with Gasteiger partial charge in [0.1, 0.15) is 5.75 Å². The van der Waals surface area contributed by atoms with Crippen molar-refractivity contribution >= 4 is 11.9 Å². The predicted molar refractivity (Wildman–Crippen MR) is 90.4 cm³/mol. The van der Waals surface area contributed by atoms with Gasteiger partial charge in [0.05, 0.1) is 11.6 Å². The van der Waals surface area contributed by atoms with Crippen LogP contribution in [0.2, 0.25) is 0 Å². The van der Waals surface area contributed by atoms with Gasteiger partial charge in [-0.05, 0) is 29.8 Å². The normalized spacial score (nSPS) is 21.9. The highest BCUT2D eigenvalue weighted by Gasteiger charge is 2.46. The molecule has 3 rings (SSSR count). The van der Waals surface area contributed by atoms with Gasteiger partial charge >= 0.3 is 5.97 Å². The van der Waals surface area contributed by atoms with Crippen LogP contribution in [0.1, 0.15) is 28.8 Å². The number of aliphatic carboxylic acids is 1. The summed E-state index contributed by atoms with van der Waals surface area (Å²) in [4.78, 5) is 23.1. The van der Waals surface area contributed by atoms with E-state index in [1.165, 1.54) is 0 Å². The first-order valence-corrected chi connectivity index (χ1v) is 7.99. The summed E-state index contributed by atoms with van der Waals surface area (Å²) in [7, 11) is 0. The molecule has 0 atom stereocenters. The van der Waals surface area contributed by atoms with Gasteiger partial charge in [0, 0.05) is 18.4 Å². The van der Waals surface area contributed by atoms with E-state index < -0.39 is 24.2 Å². The number of carbonyl (C=O) groups excluding carboxylic acids is 1. The zero-order valence-electron chi connectivity index (χ0n) is 13.5. The number of benzene rings is 2. The minimum atomic E-state index is -1.06. The fraction of sp³-hybridized carbons (Fsp3) is 0.263. The predicted octanol–water partition coefficient (Wildman–Crippen LogP) is 1.93. The molecule has 0 spiro atoms. The molecule has 0 aromatic heterocycles. The van der Waals surface area contributed by atoms with Gasteiger partial charge in [-0.15, -0.1) is 0 Å². The third-order valence-electron chi connectivity index (χ3n) is 4.33. The minimum Gasteiger partial charge on any atom is -0.482 e. The number of hydrogen-bond acceptors (Lipinski definition) is 4. The number of aliphatic hydroxyl groups excluding tert-OH is 1. The number of aliphatic hydroxyl groups is 1. The number of nitrogens with one attached hydrogen (secondary N) is 1. The molecule has 6 heteroatoms. The number of carbonyl (C=O) groups is 2. The Morgan fingerprint density at radius 3 is 2.28 bits per heavy atom. The van der Waals surface area contributed by atoms with E-state index in [4.69, 9.17) is 9.84 Å². The van der Waals surface area contributed by atoms with Crippen LogP contribution in [-0.2, 0) is 10.3 Å². The molecule has 25 heavy (non-hydrogen) atoms. The van der Waals surface area contributed by atoms with E-state index in [0.29, 0.717) is 24.2 Å². The van der Waals surface area contributed by atoms with Crippen molar-refractivity contribution in [1.82, 2.24) is 5.32 Å². The summed E-state index contributed by atoms with van der Waals surface area (Å²) in [5.41, 5.74) is 0.852. The molecular weight excluding hydrogens is 322 g/mol. The number of ether oxygens (including phenoxy) is 1. The zero-order chi connectivity index (χ0) is 17.9. The van der Waals surface area contributed by atoms with Crippen LogP contribution < -0.4 is 10.1 Å².